The van der Waals surface area contributed by atoms with Gasteiger partial charge in [0.15, 0.2) is 17.3 Å². The fourth-order valence-electron chi connectivity index (χ4n) is 1.60. The Labute approximate surface area is 111 Å². The summed E-state index contributed by atoms with van der Waals surface area (Å²) in [7, 11) is 0. The van der Waals surface area contributed by atoms with Crippen LogP contribution in [-0.4, -0.2) is 10.8 Å². The standard InChI is InChI=1S/C15H14FNO2/c1-3-14(18)13-7-5-11(9-17-13)19-15-8-10(2)4-6-12(15)16/h4-9H,3H2,1-2H3. The number of carbonyl (C=O) groups is 1. The summed E-state index contributed by atoms with van der Waals surface area (Å²) in [5, 5.41) is 0. The Balaban J connectivity index is 2.19. The Morgan fingerprint density at radius 2 is 2.11 bits per heavy atom. The van der Waals surface area contributed by atoms with E-state index in [1.54, 1.807) is 31.2 Å². The van der Waals surface area contributed by atoms with Gasteiger partial charge in [-0.3, -0.25) is 4.79 Å². The number of ether oxygens (including phenoxy) is 1. The number of halogens is 1. The molecule has 0 unspecified atom stereocenters. The van der Waals surface area contributed by atoms with Crippen molar-refractivity contribution in [2.24, 2.45) is 0 Å². The van der Waals surface area contributed by atoms with Gasteiger partial charge in [0.1, 0.15) is 11.4 Å². The second-order valence-corrected chi connectivity index (χ2v) is 4.19. The summed E-state index contributed by atoms with van der Waals surface area (Å²) in [6.07, 6.45) is 1.82. The lowest BCUT2D eigenvalue weighted by atomic mass is 10.2. The zero-order valence-electron chi connectivity index (χ0n) is 10.8. The van der Waals surface area contributed by atoms with Crippen molar-refractivity contribution in [3.63, 3.8) is 0 Å². The molecule has 0 aliphatic rings. The Bertz CT molecular complexity index is 594. The number of carbonyl (C=O) groups excluding carboxylic acids is 1. The molecule has 0 spiro atoms. The maximum Gasteiger partial charge on any atom is 0.180 e. The van der Waals surface area contributed by atoms with Gasteiger partial charge >= 0.3 is 0 Å². The Hall–Kier alpha value is -2.23. The molecule has 2 aromatic rings. The summed E-state index contributed by atoms with van der Waals surface area (Å²) in [5.74, 6) is 0.0844. The first kappa shape index (κ1) is 13.2. The molecule has 1 aromatic carbocycles. The third kappa shape index (κ3) is 3.16. The van der Waals surface area contributed by atoms with Gasteiger partial charge < -0.3 is 4.74 Å². The lowest BCUT2D eigenvalue weighted by Gasteiger charge is -2.07. The average Bonchev–Trinajstić information content (AvgIpc) is 2.43. The fraction of sp³-hybridized carbons (Fsp3) is 0.200. The molecular weight excluding hydrogens is 245 g/mol. The van der Waals surface area contributed by atoms with Crippen LogP contribution in [0.2, 0.25) is 0 Å². The van der Waals surface area contributed by atoms with E-state index in [0.29, 0.717) is 17.9 Å². The molecule has 0 N–H and O–H groups in total. The van der Waals surface area contributed by atoms with Gasteiger partial charge in [0, 0.05) is 6.42 Å². The summed E-state index contributed by atoms with van der Waals surface area (Å²) in [5.41, 5.74) is 1.29. The Kier molecular flexibility index (Phi) is 3.90. The molecule has 0 fully saturated rings. The number of aryl methyl sites for hydroxylation is 1. The fourth-order valence-corrected chi connectivity index (χ4v) is 1.60. The van der Waals surface area contributed by atoms with Crippen LogP contribution in [0.5, 0.6) is 11.5 Å². The summed E-state index contributed by atoms with van der Waals surface area (Å²) in [6.45, 7) is 3.63. The van der Waals surface area contributed by atoms with E-state index in [0.717, 1.165) is 5.56 Å². The molecule has 0 bridgehead atoms. The molecule has 98 valence electrons. The van der Waals surface area contributed by atoms with Crippen LogP contribution in [0.25, 0.3) is 0 Å². The first-order valence-electron chi connectivity index (χ1n) is 6.03. The number of nitrogens with zero attached hydrogens (tertiary/aromatic N) is 1. The molecule has 0 saturated carbocycles. The molecule has 2 rings (SSSR count). The molecule has 0 atom stereocenters. The number of hydrogen-bond donors (Lipinski definition) is 0. The molecule has 1 heterocycles. The third-order valence-electron chi connectivity index (χ3n) is 2.66. The highest BCUT2D eigenvalue weighted by Crippen LogP contribution is 2.25. The minimum Gasteiger partial charge on any atom is -0.453 e. The van der Waals surface area contributed by atoms with Crippen LogP contribution in [0.4, 0.5) is 4.39 Å². The van der Waals surface area contributed by atoms with E-state index in [9.17, 15) is 9.18 Å². The molecule has 0 aliphatic heterocycles. The molecule has 19 heavy (non-hydrogen) atoms. The Morgan fingerprint density at radius 1 is 1.32 bits per heavy atom. The van der Waals surface area contributed by atoms with Gasteiger partial charge in [-0.05, 0) is 36.8 Å². The SMILES string of the molecule is CCC(=O)c1ccc(Oc2cc(C)ccc2F)cn1. The van der Waals surface area contributed by atoms with Crippen molar-refractivity contribution in [1.29, 1.82) is 0 Å². The van der Waals surface area contributed by atoms with Gasteiger partial charge in [0.05, 0.1) is 6.20 Å². The zero-order valence-corrected chi connectivity index (χ0v) is 10.8. The van der Waals surface area contributed by atoms with E-state index < -0.39 is 5.82 Å². The second-order valence-electron chi connectivity index (χ2n) is 4.19. The maximum atomic E-state index is 13.5. The zero-order chi connectivity index (χ0) is 13.8. The monoisotopic (exact) mass is 259 g/mol. The van der Waals surface area contributed by atoms with Gasteiger partial charge in [-0.2, -0.15) is 0 Å². The van der Waals surface area contributed by atoms with Crippen molar-refractivity contribution in [2.45, 2.75) is 20.3 Å². The summed E-state index contributed by atoms with van der Waals surface area (Å²) >= 11 is 0. The average molecular weight is 259 g/mol. The normalized spacial score (nSPS) is 10.3. The van der Waals surface area contributed by atoms with Crippen LogP contribution < -0.4 is 4.74 Å². The maximum absolute atomic E-state index is 13.5. The van der Waals surface area contributed by atoms with Gasteiger partial charge in [-0.1, -0.05) is 13.0 Å². The van der Waals surface area contributed by atoms with Crippen molar-refractivity contribution in [3.05, 3.63) is 53.6 Å². The smallest absolute Gasteiger partial charge is 0.180 e. The van der Waals surface area contributed by atoms with Crippen molar-refractivity contribution in [1.82, 2.24) is 4.98 Å². The molecule has 4 heteroatoms. The number of rotatable bonds is 4. The van der Waals surface area contributed by atoms with Gasteiger partial charge in [-0.15, -0.1) is 0 Å². The van der Waals surface area contributed by atoms with Gasteiger partial charge in [0.25, 0.3) is 0 Å². The number of ketones is 1. The molecule has 0 aliphatic carbocycles. The number of aromatic nitrogens is 1. The van der Waals surface area contributed by atoms with E-state index in [1.807, 2.05) is 6.92 Å². The molecule has 0 radical (unpaired) electrons. The van der Waals surface area contributed by atoms with Crippen LogP contribution in [0.1, 0.15) is 29.4 Å². The van der Waals surface area contributed by atoms with Crippen LogP contribution in [0, 0.1) is 12.7 Å². The third-order valence-corrected chi connectivity index (χ3v) is 2.66. The minimum absolute atomic E-state index is 0.0340. The van der Waals surface area contributed by atoms with E-state index >= 15 is 0 Å². The van der Waals surface area contributed by atoms with Crippen LogP contribution >= 0.6 is 0 Å². The van der Waals surface area contributed by atoms with Crippen LogP contribution in [0.15, 0.2) is 36.5 Å². The predicted molar refractivity (Wildman–Crippen MR) is 70.1 cm³/mol. The van der Waals surface area contributed by atoms with Crippen LogP contribution in [0.3, 0.4) is 0 Å². The Morgan fingerprint density at radius 3 is 2.74 bits per heavy atom. The number of benzene rings is 1. The number of hydrogen-bond acceptors (Lipinski definition) is 3. The van der Waals surface area contributed by atoms with E-state index in [-0.39, 0.29) is 11.5 Å². The van der Waals surface area contributed by atoms with E-state index in [2.05, 4.69) is 4.98 Å². The highest BCUT2D eigenvalue weighted by molar-refractivity contribution is 5.93. The van der Waals surface area contributed by atoms with Crippen molar-refractivity contribution >= 4 is 5.78 Å². The van der Waals surface area contributed by atoms with Gasteiger partial charge in [-0.25, -0.2) is 9.37 Å². The molecule has 0 amide bonds. The van der Waals surface area contributed by atoms with Crippen molar-refractivity contribution in [3.8, 4) is 11.5 Å². The van der Waals surface area contributed by atoms with E-state index in [1.165, 1.54) is 12.3 Å². The minimum atomic E-state index is -0.431. The quantitative estimate of drug-likeness (QED) is 0.781. The van der Waals surface area contributed by atoms with Gasteiger partial charge in [0.2, 0.25) is 0 Å². The summed E-state index contributed by atoms with van der Waals surface area (Å²) < 4.78 is 18.9. The lowest BCUT2D eigenvalue weighted by Crippen LogP contribution is -1.99. The number of pyridine rings is 1. The van der Waals surface area contributed by atoms with Crippen molar-refractivity contribution in [2.75, 3.05) is 0 Å². The predicted octanol–water partition coefficient (Wildman–Crippen LogP) is 3.91. The highest BCUT2D eigenvalue weighted by Gasteiger charge is 2.07. The summed E-state index contributed by atoms with van der Waals surface area (Å²) in [4.78, 5) is 15.4. The first-order chi connectivity index (χ1) is 9.10. The highest BCUT2D eigenvalue weighted by atomic mass is 19.1. The first-order valence-corrected chi connectivity index (χ1v) is 6.03. The van der Waals surface area contributed by atoms with Crippen LogP contribution in [-0.2, 0) is 0 Å². The van der Waals surface area contributed by atoms with E-state index in [4.69, 9.17) is 4.74 Å². The summed E-state index contributed by atoms with van der Waals surface area (Å²) in [6, 6.07) is 7.82. The number of Topliss-reactive ketones (excluding diaryl/α,β-unsaturated/α-hetero) is 1. The largest absolute Gasteiger partial charge is 0.453 e. The second kappa shape index (κ2) is 5.61. The topological polar surface area (TPSA) is 39.2 Å². The molecular formula is C15H14FNO2. The molecule has 0 saturated heterocycles. The molecule has 1 aromatic heterocycles. The van der Waals surface area contributed by atoms with Crippen molar-refractivity contribution < 1.29 is 13.9 Å². The lowest BCUT2D eigenvalue weighted by molar-refractivity contribution is 0.0983. The molecule has 3 nitrogen and oxygen atoms in total.